The standard InChI is InChI=1S/C27H34N4O5/c1-5-34-22-16-20(17-23(35-6-2)24(22)36-7-3)26(32)30-15-11-12-19(18-30)25-28-29(4)27(33)31(25)21-13-9-8-10-14-21/h8-10,13-14,16-17,19H,5-7,11-12,15,18H2,1-4H3. The normalized spacial score (nSPS) is 15.6. The summed E-state index contributed by atoms with van der Waals surface area (Å²) in [6, 6.07) is 12.9. The number of aryl methyl sites for hydroxylation is 1. The van der Waals surface area contributed by atoms with Crippen LogP contribution in [0.25, 0.3) is 5.69 Å². The third-order valence-electron chi connectivity index (χ3n) is 6.19. The van der Waals surface area contributed by atoms with Crippen molar-refractivity contribution in [3.8, 4) is 22.9 Å². The van der Waals surface area contributed by atoms with Crippen LogP contribution < -0.4 is 19.9 Å². The van der Waals surface area contributed by atoms with Crippen LogP contribution in [0.2, 0.25) is 0 Å². The molecule has 0 bridgehead atoms. The van der Waals surface area contributed by atoms with Crippen LogP contribution in [0.1, 0.15) is 55.7 Å². The van der Waals surface area contributed by atoms with Crippen LogP contribution in [-0.4, -0.2) is 58.1 Å². The molecule has 3 aromatic rings. The molecule has 1 aromatic heterocycles. The lowest BCUT2D eigenvalue weighted by molar-refractivity contribution is 0.0702. The topological polar surface area (TPSA) is 87.8 Å². The Morgan fingerprint density at radius 2 is 1.64 bits per heavy atom. The molecule has 2 heterocycles. The summed E-state index contributed by atoms with van der Waals surface area (Å²) in [5.74, 6) is 1.97. The Morgan fingerprint density at radius 3 is 2.25 bits per heavy atom. The molecule has 1 fully saturated rings. The van der Waals surface area contributed by atoms with Crippen LogP contribution in [0.5, 0.6) is 17.2 Å². The van der Waals surface area contributed by atoms with Crippen molar-refractivity contribution in [1.29, 1.82) is 0 Å². The molecule has 192 valence electrons. The van der Waals surface area contributed by atoms with Crippen LogP contribution in [0, 0.1) is 0 Å². The number of para-hydroxylation sites is 1. The van der Waals surface area contributed by atoms with Gasteiger partial charge in [-0.1, -0.05) is 18.2 Å². The fraction of sp³-hybridized carbons (Fsp3) is 0.444. The largest absolute Gasteiger partial charge is 0.490 e. The minimum atomic E-state index is -0.200. The van der Waals surface area contributed by atoms with Gasteiger partial charge in [-0.3, -0.25) is 4.79 Å². The molecular weight excluding hydrogens is 460 g/mol. The van der Waals surface area contributed by atoms with E-state index in [2.05, 4.69) is 5.10 Å². The van der Waals surface area contributed by atoms with Crippen molar-refractivity contribution in [3.63, 3.8) is 0 Å². The molecule has 1 saturated heterocycles. The van der Waals surface area contributed by atoms with Crippen LogP contribution in [0.4, 0.5) is 0 Å². The number of amides is 1. The fourth-order valence-electron chi connectivity index (χ4n) is 4.63. The molecule has 1 amide bonds. The third-order valence-corrected chi connectivity index (χ3v) is 6.19. The highest BCUT2D eigenvalue weighted by Crippen LogP contribution is 2.40. The van der Waals surface area contributed by atoms with Gasteiger partial charge in [0.05, 0.1) is 25.5 Å². The number of hydrogen-bond acceptors (Lipinski definition) is 6. The van der Waals surface area contributed by atoms with E-state index in [1.54, 1.807) is 23.7 Å². The van der Waals surface area contributed by atoms with E-state index < -0.39 is 0 Å². The smallest absolute Gasteiger partial charge is 0.350 e. The lowest BCUT2D eigenvalue weighted by Gasteiger charge is -2.32. The maximum atomic E-state index is 13.7. The first-order valence-corrected chi connectivity index (χ1v) is 12.5. The van der Waals surface area contributed by atoms with Crippen LogP contribution in [0.3, 0.4) is 0 Å². The fourth-order valence-corrected chi connectivity index (χ4v) is 4.63. The number of carbonyl (C=O) groups is 1. The molecule has 9 nitrogen and oxygen atoms in total. The van der Waals surface area contributed by atoms with Gasteiger partial charge in [-0.15, -0.1) is 0 Å². The van der Waals surface area contributed by atoms with Crippen molar-refractivity contribution in [2.75, 3.05) is 32.9 Å². The minimum absolute atomic E-state index is 0.0720. The van der Waals surface area contributed by atoms with Gasteiger partial charge in [0.2, 0.25) is 5.75 Å². The van der Waals surface area contributed by atoms with Gasteiger partial charge in [-0.2, -0.15) is 5.10 Å². The quantitative estimate of drug-likeness (QED) is 0.450. The summed E-state index contributed by atoms with van der Waals surface area (Å²) in [5.41, 5.74) is 1.05. The Hall–Kier alpha value is -3.75. The van der Waals surface area contributed by atoms with Crippen LogP contribution in [-0.2, 0) is 7.05 Å². The number of nitrogens with zero attached hydrogens (tertiary/aromatic N) is 4. The van der Waals surface area contributed by atoms with Crippen molar-refractivity contribution in [2.45, 2.75) is 39.5 Å². The lowest BCUT2D eigenvalue weighted by Crippen LogP contribution is -2.40. The molecule has 1 aliphatic rings. The Morgan fingerprint density at radius 1 is 1.00 bits per heavy atom. The van der Waals surface area contributed by atoms with Crippen LogP contribution >= 0.6 is 0 Å². The molecule has 9 heteroatoms. The zero-order valence-corrected chi connectivity index (χ0v) is 21.4. The molecule has 0 spiro atoms. The number of carbonyl (C=O) groups excluding carboxylic acids is 1. The van der Waals surface area contributed by atoms with Gasteiger partial charge in [0.25, 0.3) is 5.91 Å². The Bertz CT molecular complexity index is 1220. The number of likely N-dealkylation sites (tertiary alicyclic amines) is 1. The summed E-state index contributed by atoms with van der Waals surface area (Å²) in [4.78, 5) is 28.4. The molecule has 0 radical (unpaired) electrons. The minimum Gasteiger partial charge on any atom is -0.490 e. The van der Waals surface area contributed by atoms with E-state index in [9.17, 15) is 9.59 Å². The number of aromatic nitrogens is 3. The van der Waals surface area contributed by atoms with Gasteiger partial charge < -0.3 is 19.1 Å². The number of benzene rings is 2. The Labute approximate surface area is 211 Å². The third kappa shape index (κ3) is 5.10. The summed E-state index contributed by atoms with van der Waals surface area (Å²) in [6.07, 6.45) is 1.65. The average Bonchev–Trinajstić information content (AvgIpc) is 3.20. The number of rotatable bonds is 9. The van der Waals surface area contributed by atoms with E-state index in [0.29, 0.717) is 61.5 Å². The molecule has 1 unspecified atom stereocenters. The van der Waals surface area contributed by atoms with Gasteiger partial charge in [0.15, 0.2) is 11.5 Å². The Balaban J connectivity index is 1.65. The summed E-state index contributed by atoms with van der Waals surface area (Å²) in [5, 5.41) is 4.56. The highest BCUT2D eigenvalue weighted by molar-refractivity contribution is 5.95. The first-order chi connectivity index (χ1) is 17.5. The molecule has 0 N–H and O–H groups in total. The highest BCUT2D eigenvalue weighted by Gasteiger charge is 2.31. The molecule has 4 rings (SSSR count). The highest BCUT2D eigenvalue weighted by atomic mass is 16.5. The average molecular weight is 495 g/mol. The molecule has 0 aliphatic carbocycles. The van der Waals surface area contributed by atoms with Gasteiger partial charge in [0.1, 0.15) is 5.82 Å². The van der Waals surface area contributed by atoms with Gasteiger partial charge in [0, 0.05) is 31.6 Å². The maximum Gasteiger partial charge on any atom is 0.350 e. The zero-order chi connectivity index (χ0) is 25.7. The van der Waals surface area contributed by atoms with E-state index in [1.807, 2.05) is 56.0 Å². The summed E-state index contributed by atoms with van der Waals surface area (Å²) in [7, 11) is 1.65. The van der Waals surface area contributed by atoms with E-state index >= 15 is 0 Å². The first-order valence-electron chi connectivity index (χ1n) is 12.5. The van der Waals surface area contributed by atoms with E-state index in [1.165, 1.54) is 4.68 Å². The van der Waals surface area contributed by atoms with Crippen molar-refractivity contribution in [2.24, 2.45) is 7.05 Å². The predicted molar refractivity (Wildman–Crippen MR) is 137 cm³/mol. The lowest BCUT2D eigenvalue weighted by atomic mass is 9.96. The van der Waals surface area contributed by atoms with Gasteiger partial charge >= 0.3 is 5.69 Å². The SMILES string of the molecule is CCOc1cc(C(=O)N2CCCC(c3nn(C)c(=O)n3-c3ccccc3)C2)cc(OCC)c1OCC. The number of hydrogen-bond donors (Lipinski definition) is 0. The van der Waals surface area contributed by atoms with E-state index in [4.69, 9.17) is 14.2 Å². The van der Waals surface area contributed by atoms with Crippen molar-refractivity contribution < 1.29 is 19.0 Å². The second-order valence-electron chi connectivity index (χ2n) is 8.63. The number of ether oxygens (including phenoxy) is 3. The molecule has 1 aliphatic heterocycles. The molecule has 1 atom stereocenters. The summed E-state index contributed by atoms with van der Waals surface area (Å²) >= 11 is 0. The number of piperidine rings is 1. The monoisotopic (exact) mass is 494 g/mol. The van der Waals surface area contributed by atoms with Crippen molar-refractivity contribution >= 4 is 5.91 Å². The molecule has 36 heavy (non-hydrogen) atoms. The summed E-state index contributed by atoms with van der Waals surface area (Å²) in [6.45, 7) is 8.08. The molecule has 0 saturated carbocycles. The van der Waals surface area contributed by atoms with Gasteiger partial charge in [-0.25, -0.2) is 14.0 Å². The second kappa shape index (κ2) is 11.3. The molecule has 2 aromatic carbocycles. The molecular formula is C27H34N4O5. The van der Waals surface area contributed by atoms with E-state index in [0.717, 1.165) is 18.5 Å². The van der Waals surface area contributed by atoms with E-state index in [-0.39, 0.29) is 17.5 Å². The Kier molecular flexibility index (Phi) is 7.97. The maximum absolute atomic E-state index is 13.7. The predicted octanol–water partition coefficient (Wildman–Crippen LogP) is 3.79. The van der Waals surface area contributed by atoms with Gasteiger partial charge in [-0.05, 0) is 57.9 Å². The van der Waals surface area contributed by atoms with Crippen LogP contribution in [0.15, 0.2) is 47.3 Å². The van der Waals surface area contributed by atoms with Crippen molar-refractivity contribution in [1.82, 2.24) is 19.2 Å². The van der Waals surface area contributed by atoms with Crippen molar-refractivity contribution in [3.05, 3.63) is 64.3 Å². The summed E-state index contributed by atoms with van der Waals surface area (Å²) < 4.78 is 20.4. The zero-order valence-electron chi connectivity index (χ0n) is 21.4. The first kappa shape index (κ1) is 25.3. The second-order valence-corrected chi connectivity index (χ2v) is 8.63.